The van der Waals surface area contributed by atoms with Gasteiger partial charge in [-0.2, -0.15) is 5.26 Å². The van der Waals surface area contributed by atoms with Gasteiger partial charge in [-0.1, -0.05) is 96.0 Å². The van der Waals surface area contributed by atoms with Gasteiger partial charge in [0.05, 0.1) is 16.7 Å². The maximum atomic E-state index is 9.67. The van der Waals surface area contributed by atoms with Gasteiger partial charge in [0.2, 0.25) is 0 Å². The first-order chi connectivity index (χ1) is 14.7. The van der Waals surface area contributed by atoms with Gasteiger partial charge < -0.3 is 4.74 Å². The molecule has 0 saturated heterocycles. The normalized spacial score (nSPS) is 11.3. The van der Waals surface area contributed by atoms with Crippen molar-refractivity contribution in [3.8, 4) is 11.8 Å². The van der Waals surface area contributed by atoms with Crippen molar-refractivity contribution in [3.63, 3.8) is 0 Å². The van der Waals surface area contributed by atoms with Crippen LogP contribution in [-0.4, -0.2) is 0 Å². The van der Waals surface area contributed by atoms with Gasteiger partial charge in [-0.25, -0.2) is 0 Å². The van der Waals surface area contributed by atoms with E-state index in [1.165, 1.54) is 0 Å². The van der Waals surface area contributed by atoms with Crippen molar-refractivity contribution in [1.29, 1.82) is 5.26 Å². The summed E-state index contributed by atoms with van der Waals surface area (Å²) in [5.41, 5.74) is 3.03. The van der Waals surface area contributed by atoms with Crippen molar-refractivity contribution in [2.75, 3.05) is 0 Å². The van der Waals surface area contributed by atoms with Crippen LogP contribution >= 0.6 is 23.2 Å². The molecule has 30 heavy (non-hydrogen) atoms. The van der Waals surface area contributed by atoms with E-state index in [1.54, 1.807) is 18.2 Å². The van der Waals surface area contributed by atoms with E-state index < -0.39 is 0 Å². The van der Waals surface area contributed by atoms with Crippen LogP contribution in [0.4, 0.5) is 0 Å². The van der Waals surface area contributed by atoms with E-state index in [1.807, 2.05) is 54.6 Å². The zero-order chi connectivity index (χ0) is 20.9. The molecule has 0 aliphatic heterocycles. The van der Waals surface area contributed by atoms with Gasteiger partial charge in [-0.15, -0.1) is 0 Å². The average Bonchev–Trinajstić information content (AvgIpc) is 2.77. The summed E-state index contributed by atoms with van der Waals surface area (Å²) in [6.45, 7) is 0.344. The molecule has 4 aromatic carbocycles. The van der Waals surface area contributed by atoms with Crippen LogP contribution in [0.25, 0.3) is 22.4 Å². The third-order valence-electron chi connectivity index (χ3n) is 4.79. The lowest BCUT2D eigenvalue weighted by Gasteiger charge is -2.14. The molecule has 0 unspecified atom stereocenters. The standard InChI is InChI=1S/C26H17Cl2NO/c27-23-14-21(13-22(16-29)18-7-2-1-3-8-18)26(25(28)15-23)30-17-20-11-6-10-19-9-4-5-12-24(19)20/h1-15H,17H2/b22-13+. The van der Waals surface area contributed by atoms with Crippen molar-refractivity contribution in [3.05, 3.63) is 112 Å². The van der Waals surface area contributed by atoms with Crippen LogP contribution in [0.15, 0.2) is 84.9 Å². The molecule has 0 radical (unpaired) electrons. The van der Waals surface area contributed by atoms with Crippen LogP contribution in [0.5, 0.6) is 5.75 Å². The highest BCUT2D eigenvalue weighted by atomic mass is 35.5. The third kappa shape index (κ3) is 4.33. The number of halogens is 2. The van der Waals surface area contributed by atoms with Crippen molar-refractivity contribution < 1.29 is 4.74 Å². The van der Waals surface area contributed by atoms with Gasteiger partial charge in [-0.3, -0.25) is 0 Å². The zero-order valence-electron chi connectivity index (χ0n) is 16.0. The van der Waals surface area contributed by atoms with Crippen LogP contribution in [0.1, 0.15) is 16.7 Å². The first-order valence-corrected chi connectivity index (χ1v) is 10.2. The molecule has 0 fully saturated rings. The molecule has 0 saturated carbocycles. The molecule has 2 nitrogen and oxygen atoms in total. The molecule has 0 spiro atoms. The molecule has 4 rings (SSSR count). The summed E-state index contributed by atoms with van der Waals surface area (Å²) in [5, 5.41) is 12.8. The number of nitriles is 1. The molecule has 4 aromatic rings. The van der Waals surface area contributed by atoms with E-state index in [0.29, 0.717) is 33.5 Å². The molecule has 0 aliphatic rings. The SMILES string of the molecule is N#C/C(=C\c1cc(Cl)cc(Cl)c1OCc1cccc2ccccc12)c1ccccc1. The number of rotatable bonds is 5. The fourth-order valence-corrected chi connectivity index (χ4v) is 3.93. The molecule has 0 N–H and O–H groups in total. The molecule has 0 atom stereocenters. The molecule has 0 aromatic heterocycles. The Bertz CT molecular complexity index is 1270. The van der Waals surface area contributed by atoms with Crippen LogP contribution < -0.4 is 4.74 Å². The van der Waals surface area contributed by atoms with E-state index in [9.17, 15) is 5.26 Å². The molecule has 0 bridgehead atoms. The Morgan fingerprint density at radius 1 is 0.900 bits per heavy atom. The van der Waals surface area contributed by atoms with Gasteiger partial charge in [0.15, 0.2) is 0 Å². The maximum Gasteiger partial charge on any atom is 0.145 e. The first-order valence-electron chi connectivity index (χ1n) is 9.41. The predicted octanol–water partition coefficient (Wildman–Crippen LogP) is 7.79. The minimum absolute atomic E-state index is 0.344. The summed E-state index contributed by atoms with van der Waals surface area (Å²) in [6, 6.07) is 29.4. The summed E-state index contributed by atoms with van der Waals surface area (Å²) >= 11 is 12.7. The fraction of sp³-hybridized carbons (Fsp3) is 0.0385. The minimum Gasteiger partial charge on any atom is -0.487 e. The molecule has 0 aliphatic carbocycles. The van der Waals surface area contributed by atoms with Crippen molar-refractivity contribution in [1.82, 2.24) is 0 Å². The Labute approximate surface area is 185 Å². The second-order valence-corrected chi connectivity index (χ2v) is 7.61. The van der Waals surface area contributed by atoms with Crippen molar-refractivity contribution in [2.45, 2.75) is 6.61 Å². The lowest BCUT2D eigenvalue weighted by molar-refractivity contribution is 0.307. The number of benzene rings is 4. The molecule has 0 amide bonds. The summed E-state index contributed by atoms with van der Waals surface area (Å²) in [4.78, 5) is 0. The van der Waals surface area contributed by atoms with Crippen LogP contribution in [-0.2, 0) is 6.61 Å². The predicted molar refractivity (Wildman–Crippen MR) is 125 cm³/mol. The number of ether oxygens (including phenoxy) is 1. The van der Waals surface area contributed by atoms with Crippen LogP contribution in [0.3, 0.4) is 0 Å². The Hall–Kier alpha value is -3.25. The molecule has 0 heterocycles. The molecular formula is C26H17Cl2NO. The average molecular weight is 430 g/mol. The zero-order valence-corrected chi connectivity index (χ0v) is 17.5. The van der Waals surface area contributed by atoms with Gasteiger partial charge in [-0.05, 0) is 40.1 Å². The summed E-state index contributed by atoms with van der Waals surface area (Å²) < 4.78 is 6.15. The smallest absolute Gasteiger partial charge is 0.145 e. The lowest BCUT2D eigenvalue weighted by atomic mass is 10.0. The monoisotopic (exact) mass is 429 g/mol. The molecule has 146 valence electrons. The highest BCUT2D eigenvalue weighted by molar-refractivity contribution is 6.36. The highest BCUT2D eigenvalue weighted by Gasteiger charge is 2.12. The van der Waals surface area contributed by atoms with E-state index in [0.717, 1.165) is 21.9 Å². The second kappa shape index (κ2) is 9.05. The van der Waals surface area contributed by atoms with Gasteiger partial charge in [0, 0.05) is 10.6 Å². The first kappa shape index (κ1) is 20.0. The number of allylic oxidation sites excluding steroid dienone is 1. The van der Waals surface area contributed by atoms with Gasteiger partial charge >= 0.3 is 0 Å². The van der Waals surface area contributed by atoms with E-state index >= 15 is 0 Å². The third-order valence-corrected chi connectivity index (χ3v) is 5.29. The van der Waals surface area contributed by atoms with E-state index in [4.69, 9.17) is 27.9 Å². The van der Waals surface area contributed by atoms with Crippen molar-refractivity contribution >= 4 is 45.6 Å². The second-order valence-electron chi connectivity index (χ2n) is 6.77. The summed E-state index contributed by atoms with van der Waals surface area (Å²) in [7, 11) is 0. The van der Waals surface area contributed by atoms with Crippen molar-refractivity contribution in [2.24, 2.45) is 0 Å². The highest BCUT2D eigenvalue weighted by Crippen LogP contribution is 2.36. The molecular weight excluding hydrogens is 413 g/mol. The van der Waals surface area contributed by atoms with Gasteiger partial charge in [0.1, 0.15) is 12.4 Å². The summed E-state index contributed by atoms with van der Waals surface area (Å²) in [5.74, 6) is 0.498. The number of nitrogens with zero attached hydrogens (tertiary/aromatic N) is 1. The van der Waals surface area contributed by atoms with Crippen LogP contribution in [0, 0.1) is 11.3 Å². The van der Waals surface area contributed by atoms with E-state index in [-0.39, 0.29) is 0 Å². The Morgan fingerprint density at radius 3 is 2.43 bits per heavy atom. The quantitative estimate of drug-likeness (QED) is 0.239. The number of fused-ring (bicyclic) bond motifs is 1. The minimum atomic E-state index is 0.344. The number of hydrogen-bond acceptors (Lipinski definition) is 2. The maximum absolute atomic E-state index is 9.67. The number of hydrogen-bond donors (Lipinski definition) is 0. The Morgan fingerprint density at radius 2 is 1.63 bits per heavy atom. The van der Waals surface area contributed by atoms with Gasteiger partial charge in [0.25, 0.3) is 0 Å². The Kier molecular flexibility index (Phi) is 6.05. The van der Waals surface area contributed by atoms with E-state index in [2.05, 4.69) is 24.3 Å². The summed E-state index contributed by atoms with van der Waals surface area (Å²) in [6.07, 6.45) is 1.76. The Balaban J connectivity index is 1.72. The lowest BCUT2D eigenvalue weighted by Crippen LogP contribution is -1.99. The van der Waals surface area contributed by atoms with Crippen LogP contribution in [0.2, 0.25) is 10.0 Å². The topological polar surface area (TPSA) is 33.0 Å². The largest absolute Gasteiger partial charge is 0.487 e. The fourth-order valence-electron chi connectivity index (χ4n) is 3.36. The molecule has 4 heteroatoms.